The number of rotatable bonds is 1. The molecule has 0 aliphatic rings. The van der Waals surface area contributed by atoms with Crippen LogP contribution in [0.2, 0.25) is 0 Å². The maximum atomic E-state index is 11.4. The number of carbonyl (C=O) groups is 1. The highest BCUT2D eigenvalue weighted by Gasteiger charge is 2.47. The van der Waals surface area contributed by atoms with Gasteiger partial charge in [0.25, 0.3) is 0 Å². The van der Waals surface area contributed by atoms with Crippen molar-refractivity contribution in [3.63, 3.8) is 0 Å². The van der Waals surface area contributed by atoms with Gasteiger partial charge >= 0.3 is 21.4 Å². The van der Waals surface area contributed by atoms with Gasteiger partial charge in [-0.15, -0.1) is 0 Å². The first-order chi connectivity index (χ1) is 5.07. The molecule has 0 fully saturated rings. The van der Waals surface area contributed by atoms with Crippen LogP contribution in [0.15, 0.2) is 0 Å². The number of aliphatic hydroxyl groups excluding tert-OH is 1. The van der Waals surface area contributed by atoms with Crippen LogP contribution in [-0.2, 0) is 14.9 Å². The van der Waals surface area contributed by atoms with Gasteiger partial charge in [0, 0.05) is 0 Å². The molecule has 0 saturated heterocycles. The molecule has 9 heteroatoms. The zero-order chi connectivity index (χ0) is 10.2. The Morgan fingerprint density at radius 2 is 1.67 bits per heavy atom. The number of alkyl halides is 3. The summed E-state index contributed by atoms with van der Waals surface area (Å²) in [7, 11) is -5.49. The van der Waals surface area contributed by atoms with Crippen LogP contribution in [0.25, 0.3) is 0 Å². The standard InChI is InChI=1S/C3H3F3O5S/c4-3(5,6)1(7)2(8)12(9,10)11/h1,7H,(H,9,10,11). The average Bonchev–Trinajstić information content (AvgIpc) is 1.80. The highest BCUT2D eigenvalue weighted by atomic mass is 32.2. The Morgan fingerprint density at radius 3 is 1.75 bits per heavy atom. The second kappa shape index (κ2) is 2.99. The van der Waals surface area contributed by atoms with Gasteiger partial charge in [-0.3, -0.25) is 9.35 Å². The molecule has 0 aliphatic heterocycles. The van der Waals surface area contributed by atoms with Crippen molar-refractivity contribution < 1.29 is 36.0 Å². The maximum absolute atomic E-state index is 11.4. The highest BCUT2D eigenvalue weighted by molar-refractivity contribution is 8.01. The first kappa shape index (κ1) is 11.3. The summed E-state index contributed by atoms with van der Waals surface area (Å²) in [4.78, 5) is 10.0. The molecule has 0 aromatic heterocycles. The van der Waals surface area contributed by atoms with Gasteiger partial charge < -0.3 is 5.11 Å². The predicted octanol–water partition coefficient (Wildman–Crippen LogP) is -0.676. The Bertz CT molecular complexity index is 277. The largest absolute Gasteiger partial charge is 0.422 e. The summed E-state index contributed by atoms with van der Waals surface area (Å²) in [5.41, 5.74) is 0. The van der Waals surface area contributed by atoms with Crippen LogP contribution in [0.1, 0.15) is 0 Å². The van der Waals surface area contributed by atoms with E-state index in [1.807, 2.05) is 0 Å². The summed E-state index contributed by atoms with van der Waals surface area (Å²) in [6.45, 7) is 0. The van der Waals surface area contributed by atoms with Crippen molar-refractivity contribution in [1.29, 1.82) is 0 Å². The first-order valence-electron chi connectivity index (χ1n) is 2.33. The molecule has 0 radical (unpaired) electrons. The van der Waals surface area contributed by atoms with Crippen LogP contribution >= 0.6 is 0 Å². The van der Waals surface area contributed by atoms with Gasteiger partial charge in [-0.05, 0) is 0 Å². The number of carbonyl (C=O) groups excluding carboxylic acids is 1. The van der Waals surface area contributed by atoms with E-state index >= 15 is 0 Å². The number of halogens is 3. The van der Waals surface area contributed by atoms with E-state index in [0.717, 1.165) is 0 Å². The van der Waals surface area contributed by atoms with Crippen LogP contribution in [0, 0.1) is 0 Å². The zero-order valence-electron chi connectivity index (χ0n) is 5.24. The van der Waals surface area contributed by atoms with Crippen LogP contribution in [0.4, 0.5) is 13.2 Å². The minimum atomic E-state index is -5.49. The molecule has 0 aromatic carbocycles. The maximum Gasteiger partial charge on any atom is 0.422 e. The molecule has 2 N–H and O–H groups in total. The zero-order valence-corrected chi connectivity index (χ0v) is 6.06. The van der Waals surface area contributed by atoms with Crippen LogP contribution in [0.5, 0.6) is 0 Å². The van der Waals surface area contributed by atoms with Gasteiger partial charge in [-0.25, -0.2) is 0 Å². The van der Waals surface area contributed by atoms with Crippen LogP contribution in [-0.4, -0.2) is 35.5 Å². The van der Waals surface area contributed by atoms with Gasteiger partial charge in [0.05, 0.1) is 0 Å². The molecule has 0 aliphatic carbocycles. The van der Waals surface area contributed by atoms with E-state index < -0.39 is 27.5 Å². The fourth-order valence-corrected chi connectivity index (χ4v) is 0.690. The molecule has 0 spiro atoms. The SMILES string of the molecule is O=C(C(O)C(F)(F)F)S(=O)(=O)O. The lowest BCUT2D eigenvalue weighted by Crippen LogP contribution is -2.40. The van der Waals surface area contributed by atoms with E-state index in [1.54, 1.807) is 0 Å². The number of hydrogen-bond acceptors (Lipinski definition) is 4. The van der Waals surface area contributed by atoms with Crippen molar-refractivity contribution in [3.05, 3.63) is 0 Å². The second-order valence-corrected chi connectivity index (χ2v) is 3.09. The molecule has 5 nitrogen and oxygen atoms in total. The van der Waals surface area contributed by atoms with Gasteiger partial charge in [0.15, 0.2) is 0 Å². The Morgan fingerprint density at radius 1 is 1.33 bits per heavy atom. The Labute approximate surface area is 64.6 Å². The monoisotopic (exact) mass is 208 g/mol. The first-order valence-corrected chi connectivity index (χ1v) is 3.77. The summed E-state index contributed by atoms with van der Waals surface area (Å²) in [5, 5.41) is 5.29. The van der Waals surface area contributed by atoms with Gasteiger partial charge in [0.1, 0.15) is 0 Å². The van der Waals surface area contributed by atoms with Gasteiger partial charge in [-0.2, -0.15) is 21.6 Å². The number of hydrogen-bond donors (Lipinski definition) is 2. The minimum absolute atomic E-state index is 2.69. The summed E-state index contributed by atoms with van der Waals surface area (Å²) in [5.74, 6) is 0. The summed E-state index contributed by atoms with van der Waals surface area (Å²) < 4.78 is 61.5. The lowest BCUT2D eigenvalue weighted by molar-refractivity contribution is -0.199. The Balaban J connectivity index is 4.77. The Hall–Kier alpha value is -0.670. The van der Waals surface area contributed by atoms with Gasteiger partial charge in [-0.1, -0.05) is 0 Å². The fraction of sp³-hybridized carbons (Fsp3) is 0.667. The summed E-state index contributed by atoms with van der Waals surface area (Å²) >= 11 is 0. The second-order valence-electron chi connectivity index (χ2n) is 1.74. The molecule has 0 bridgehead atoms. The molecule has 72 valence electrons. The summed E-state index contributed by atoms with van der Waals surface area (Å²) in [6.07, 6.45) is -9.10. The molecule has 0 rings (SSSR count). The minimum Gasteiger partial charge on any atom is -0.376 e. The predicted molar refractivity (Wildman–Crippen MR) is 28.6 cm³/mol. The van der Waals surface area contributed by atoms with Crippen molar-refractivity contribution >= 4 is 15.2 Å². The smallest absolute Gasteiger partial charge is 0.376 e. The van der Waals surface area contributed by atoms with E-state index in [-0.39, 0.29) is 0 Å². The Kier molecular flexibility index (Phi) is 2.83. The lowest BCUT2D eigenvalue weighted by Gasteiger charge is -2.10. The molecular formula is C3H3F3O5S. The third-order valence-electron chi connectivity index (χ3n) is 0.788. The molecule has 0 aromatic rings. The van der Waals surface area contributed by atoms with Crippen molar-refractivity contribution in [1.82, 2.24) is 0 Å². The van der Waals surface area contributed by atoms with E-state index in [1.165, 1.54) is 0 Å². The van der Waals surface area contributed by atoms with Crippen molar-refractivity contribution in [2.75, 3.05) is 0 Å². The third-order valence-corrected chi connectivity index (χ3v) is 1.52. The summed E-state index contributed by atoms with van der Waals surface area (Å²) in [6, 6.07) is 0. The molecule has 12 heavy (non-hydrogen) atoms. The molecule has 0 heterocycles. The molecule has 1 unspecified atom stereocenters. The fourth-order valence-electron chi connectivity index (χ4n) is 0.275. The van der Waals surface area contributed by atoms with Gasteiger partial charge in [0.2, 0.25) is 6.10 Å². The quantitative estimate of drug-likeness (QED) is 0.557. The van der Waals surface area contributed by atoms with Crippen molar-refractivity contribution in [3.8, 4) is 0 Å². The highest BCUT2D eigenvalue weighted by Crippen LogP contribution is 2.21. The topological polar surface area (TPSA) is 91.7 Å². The molecular weight excluding hydrogens is 205 g/mol. The van der Waals surface area contributed by atoms with Crippen molar-refractivity contribution in [2.45, 2.75) is 12.3 Å². The average molecular weight is 208 g/mol. The third kappa shape index (κ3) is 2.75. The number of aliphatic hydroxyl groups is 1. The lowest BCUT2D eigenvalue weighted by atomic mass is 10.4. The van der Waals surface area contributed by atoms with E-state index in [9.17, 15) is 26.4 Å². The van der Waals surface area contributed by atoms with E-state index in [0.29, 0.717) is 0 Å². The van der Waals surface area contributed by atoms with Crippen molar-refractivity contribution in [2.24, 2.45) is 0 Å². The van der Waals surface area contributed by atoms with E-state index in [2.05, 4.69) is 0 Å². The van der Waals surface area contributed by atoms with Crippen LogP contribution in [0.3, 0.4) is 0 Å². The van der Waals surface area contributed by atoms with E-state index in [4.69, 9.17) is 9.66 Å². The normalized spacial score (nSPS) is 15.8. The molecule has 0 amide bonds. The van der Waals surface area contributed by atoms with Crippen LogP contribution < -0.4 is 0 Å². The molecule has 1 atom stereocenters. The molecule has 0 saturated carbocycles.